The van der Waals surface area contributed by atoms with Gasteiger partial charge in [-0.2, -0.15) is 28.5 Å². The Morgan fingerprint density at radius 3 is 2.82 bits per heavy atom. The van der Waals surface area contributed by atoms with E-state index in [9.17, 15) is 0 Å². The average Bonchev–Trinajstić information content (AvgIpc) is 2.98. The highest BCUT2D eigenvalue weighted by Crippen LogP contribution is 2.37. The lowest BCUT2D eigenvalue weighted by atomic mass is 10.1. The number of nitrogens with zero attached hydrogens (tertiary/aromatic N) is 2. The highest BCUT2D eigenvalue weighted by molar-refractivity contribution is 8.06. The third-order valence-electron chi connectivity index (χ3n) is 3.00. The molecule has 0 aromatic carbocycles. The molecular formula is C10H15N3OS3. The highest BCUT2D eigenvalue weighted by atomic mass is 32.2. The maximum atomic E-state index is 6.04. The molecule has 4 nitrogen and oxygen atoms in total. The Hall–Kier alpha value is 0.150. The Kier molecular flexibility index (Phi) is 3.89. The van der Waals surface area contributed by atoms with Crippen LogP contribution in [0.2, 0.25) is 0 Å². The summed E-state index contributed by atoms with van der Waals surface area (Å²) < 4.78 is 5.40. The van der Waals surface area contributed by atoms with E-state index in [1.54, 1.807) is 0 Å². The number of hydrogen-bond donors (Lipinski definition) is 1. The van der Waals surface area contributed by atoms with Crippen LogP contribution in [0.3, 0.4) is 0 Å². The van der Waals surface area contributed by atoms with E-state index in [1.165, 1.54) is 11.5 Å². The van der Waals surface area contributed by atoms with Crippen LogP contribution < -0.4 is 5.73 Å². The zero-order valence-electron chi connectivity index (χ0n) is 9.37. The molecule has 2 fully saturated rings. The lowest BCUT2D eigenvalue weighted by Gasteiger charge is -2.17. The molecule has 17 heavy (non-hydrogen) atoms. The fraction of sp³-hybridized carbons (Fsp3) is 0.800. The normalized spacial score (nSPS) is 34.1. The van der Waals surface area contributed by atoms with E-state index in [-0.39, 0.29) is 12.0 Å². The molecule has 0 amide bonds. The van der Waals surface area contributed by atoms with E-state index in [0.29, 0.717) is 5.25 Å². The van der Waals surface area contributed by atoms with Gasteiger partial charge in [0.1, 0.15) is 0 Å². The van der Waals surface area contributed by atoms with Gasteiger partial charge in [-0.3, -0.25) is 0 Å². The third-order valence-corrected chi connectivity index (χ3v) is 6.97. The molecule has 0 spiro atoms. The van der Waals surface area contributed by atoms with Crippen molar-refractivity contribution in [1.29, 1.82) is 0 Å². The Morgan fingerprint density at radius 2 is 2.12 bits per heavy atom. The van der Waals surface area contributed by atoms with Crippen LogP contribution in [0.1, 0.15) is 22.9 Å². The summed E-state index contributed by atoms with van der Waals surface area (Å²) in [6.07, 6.45) is 0. The second kappa shape index (κ2) is 5.42. The van der Waals surface area contributed by atoms with E-state index in [1.807, 2.05) is 35.3 Å². The monoisotopic (exact) mass is 289 g/mol. The standard InChI is InChI=1S/C10H15N3OS3/c11-7-4-16-3-6(7)10-12-9(13-14-10)8-5-15-1-2-17-8/h6-8H,1-5,11H2. The molecule has 2 saturated heterocycles. The Labute approximate surface area is 113 Å². The molecule has 0 radical (unpaired) electrons. The minimum atomic E-state index is 0.168. The number of thioether (sulfide) groups is 3. The van der Waals surface area contributed by atoms with Crippen LogP contribution >= 0.6 is 35.3 Å². The summed E-state index contributed by atoms with van der Waals surface area (Å²) in [7, 11) is 0. The molecule has 3 atom stereocenters. The van der Waals surface area contributed by atoms with E-state index >= 15 is 0 Å². The summed E-state index contributed by atoms with van der Waals surface area (Å²) in [5.41, 5.74) is 6.04. The maximum absolute atomic E-state index is 6.04. The lowest BCUT2D eigenvalue weighted by molar-refractivity contribution is 0.348. The summed E-state index contributed by atoms with van der Waals surface area (Å²) in [4.78, 5) is 4.56. The number of aromatic nitrogens is 2. The van der Waals surface area contributed by atoms with Crippen molar-refractivity contribution in [2.75, 3.05) is 28.8 Å². The molecule has 94 valence electrons. The van der Waals surface area contributed by atoms with Crippen LogP contribution in [-0.2, 0) is 0 Å². The van der Waals surface area contributed by atoms with Gasteiger partial charge in [0, 0.05) is 34.8 Å². The van der Waals surface area contributed by atoms with Crippen LogP contribution in [0.4, 0.5) is 0 Å². The Morgan fingerprint density at radius 1 is 1.18 bits per heavy atom. The van der Waals surface area contributed by atoms with Gasteiger partial charge in [-0.05, 0) is 0 Å². The minimum absolute atomic E-state index is 0.168. The van der Waals surface area contributed by atoms with Gasteiger partial charge < -0.3 is 10.3 Å². The number of rotatable bonds is 2. The molecule has 7 heteroatoms. The first-order valence-electron chi connectivity index (χ1n) is 5.71. The van der Waals surface area contributed by atoms with E-state index < -0.39 is 0 Å². The van der Waals surface area contributed by atoms with Gasteiger partial charge in [0.25, 0.3) is 0 Å². The molecule has 3 unspecified atom stereocenters. The van der Waals surface area contributed by atoms with Gasteiger partial charge in [0.2, 0.25) is 5.89 Å². The number of nitrogens with two attached hydrogens (primary N) is 1. The first-order chi connectivity index (χ1) is 8.34. The van der Waals surface area contributed by atoms with Crippen molar-refractivity contribution in [3.05, 3.63) is 11.7 Å². The molecule has 0 aliphatic carbocycles. The van der Waals surface area contributed by atoms with Crippen molar-refractivity contribution in [3.63, 3.8) is 0 Å². The minimum Gasteiger partial charge on any atom is -0.339 e. The molecule has 2 N–H and O–H groups in total. The largest absolute Gasteiger partial charge is 0.339 e. The zero-order valence-corrected chi connectivity index (χ0v) is 11.8. The molecular weight excluding hydrogens is 274 g/mol. The van der Waals surface area contributed by atoms with Gasteiger partial charge in [-0.15, -0.1) is 11.8 Å². The summed E-state index contributed by atoms with van der Waals surface area (Å²) in [6.45, 7) is 0. The second-order valence-corrected chi connectivity index (χ2v) is 7.77. The number of hydrogen-bond acceptors (Lipinski definition) is 7. The quantitative estimate of drug-likeness (QED) is 0.889. The summed E-state index contributed by atoms with van der Waals surface area (Å²) >= 11 is 5.77. The molecule has 3 rings (SSSR count). The van der Waals surface area contributed by atoms with Gasteiger partial charge >= 0.3 is 0 Å². The van der Waals surface area contributed by atoms with E-state index in [2.05, 4.69) is 10.1 Å². The van der Waals surface area contributed by atoms with Crippen LogP contribution in [0.15, 0.2) is 4.52 Å². The summed E-state index contributed by atoms with van der Waals surface area (Å²) in [6, 6.07) is 0.168. The molecule has 0 saturated carbocycles. The van der Waals surface area contributed by atoms with Crippen LogP contribution in [0.25, 0.3) is 0 Å². The van der Waals surface area contributed by atoms with Crippen LogP contribution in [0.5, 0.6) is 0 Å². The maximum Gasteiger partial charge on any atom is 0.232 e. The van der Waals surface area contributed by atoms with Gasteiger partial charge in [0.15, 0.2) is 5.82 Å². The van der Waals surface area contributed by atoms with Crippen molar-refractivity contribution in [1.82, 2.24) is 10.1 Å². The van der Waals surface area contributed by atoms with Crippen molar-refractivity contribution < 1.29 is 4.52 Å². The summed E-state index contributed by atoms with van der Waals surface area (Å²) in [5.74, 6) is 7.37. The van der Waals surface area contributed by atoms with Crippen molar-refractivity contribution >= 4 is 35.3 Å². The molecule has 3 heterocycles. The molecule has 1 aromatic heterocycles. The van der Waals surface area contributed by atoms with Crippen molar-refractivity contribution in [2.45, 2.75) is 17.2 Å². The van der Waals surface area contributed by atoms with Gasteiger partial charge in [-0.25, -0.2) is 0 Å². The average molecular weight is 289 g/mol. The van der Waals surface area contributed by atoms with Crippen molar-refractivity contribution in [3.8, 4) is 0 Å². The molecule has 1 aromatic rings. The fourth-order valence-electron chi connectivity index (χ4n) is 1.99. The predicted molar refractivity (Wildman–Crippen MR) is 74.9 cm³/mol. The molecule has 2 aliphatic heterocycles. The van der Waals surface area contributed by atoms with Crippen LogP contribution in [-0.4, -0.2) is 44.9 Å². The smallest absolute Gasteiger partial charge is 0.232 e. The van der Waals surface area contributed by atoms with Crippen LogP contribution in [0, 0.1) is 0 Å². The topological polar surface area (TPSA) is 64.9 Å². The lowest BCUT2D eigenvalue weighted by Crippen LogP contribution is -2.26. The van der Waals surface area contributed by atoms with Crippen molar-refractivity contribution in [2.24, 2.45) is 5.73 Å². The zero-order chi connectivity index (χ0) is 11.7. The van der Waals surface area contributed by atoms with Gasteiger partial charge in [-0.1, -0.05) is 5.16 Å². The second-order valence-electron chi connectivity index (χ2n) is 4.23. The summed E-state index contributed by atoms with van der Waals surface area (Å²) in [5, 5.41) is 4.53. The molecule has 0 bridgehead atoms. The van der Waals surface area contributed by atoms with E-state index in [4.69, 9.17) is 10.3 Å². The third kappa shape index (κ3) is 2.62. The fourth-order valence-corrected chi connectivity index (χ4v) is 5.86. The van der Waals surface area contributed by atoms with E-state index in [0.717, 1.165) is 29.0 Å². The Bertz CT molecular complexity index is 381. The SMILES string of the molecule is NC1CSCC1c1nc(C2CSCCS2)no1. The molecule has 2 aliphatic rings. The first-order valence-corrected chi connectivity index (χ1v) is 9.06. The highest BCUT2D eigenvalue weighted by Gasteiger charge is 2.32. The van der Waals surface area contributed by atoms with Gasteiger partial charge in [0.05, 0.1) is 11.2 Å². The Balaban J connectivity index is 1.73. The predicted octanol–water partition coefficient (Wildman–Crippen LogP) is 1.75. The first kappa shape index (κ1) is 12.2.